The molecular formula is C74H104N4O12. The first-order valence-electron chi connectivity index (χ1n) is 35.9. The Labute approximate surface area is 531 Å². The van der Waals surface area contributed by atoms with E-state index in [9.17, 15) is 35.7 Å². The molecule has 17 rings (SSSR count). The summed E-state index contributed by atoms with van der Waals surface area (Å²) in [6.07, 6.45) is 26.1. The van der Waals surface area contributed by atoms with Crippen molar-refractivity contribution < 1.29 is 60.2 Å². The molecule has 0 amide bonds. The van der Waals surface area contributed by atoms with E-state index in [2.05, 4.69) is 59.5 Å². The van der Waals surface area contributed by atoms with Crippen LogP contribution in [0.15, 0.2) is 94.1 Å². The molecule has 0 aromatic rings. The van der Waals surface area contributed by atoms with Crippen LogP contribution in [0.2, 0.25) is 0 Å². The Balaban J connectivity index is 0.944. The van der Waals surface area contributed by atoms with Crippen LogP contribution in [0.3, 0.4) is 0 Å². The Morgan fingerprint density at radius 3 is 2.52 bits per heavy atom. The fourth-order valence-corrected chi connectivity index (χ4v) is 25.4. The first-order chi connectivity index (χ1) is 43.2. The van der Waals surface area contributed by atoms with Gasteiger partial charge in [0.05, 0.1) is 82.9 Å². The van der Waals surface area contributed by atoms with Gasteiger partial charge in [-0.05, 0) is 212 Å². The van der Waals surface area contributed by atoms with Gasteiger partial charge in [-0.2, -0.15) is 0 Å². The van der Waals surface area contributed by atoms with Gasteiger partial charge in [-0.25, -0.2) is 0 Å². The number of nitrogens with one attached hydrogen (secondary N) is 3. The van der Waals surface area contributed by atoms with E-state index in [-0.39, 0.29) is 123 Å². The minimum absolute atomic E-state index is 0.00468. The van der Waals surface area contributed by atoms with E-state index in [0.29, 0.717) is 62.0 Å². The lowest BCUT2D eigenvalue weighted by atomic mass is 9.34. The number of ether oxygens (including phenoxy) is 2. The quantitative estimate of drug-likeness (QED) is 0.100. The topological polar surface area (TPSA) is 280 Å². The highest BCUT2D eigenvalue weighted by atomic mass is 16.5. The standard InChI is InChI=1S/C74H104N4O12/c1-4-7-39-10-14-47-55(18-11-39)90-67-62(47)52(81)9-5-24-74(67,88)68(3,85)58-22-27-73(87)63-64(77-36-38(2)80)66(84)69-25-21-44-45-15-16-48-60(45)56(89-57-32-51-46(61(48)57)23-28-76-51)30-40-12-13-42(31-49(40)44)72(58,73)37-71(86)26-20-41(43-17-19-59(75)78-50(43)8-6-29-79)33-70(69,65(63)71)35-54(83)53(82)34-69/h16-17,19-21,23,25-26,28,38-42,44,46-47,49,51-59,61-62,65,67,76-83,85-88H,4-15,18,22,24,27,29-37,75H2,1-3H3. The second-order valence-electron chi connectivity index (χ2n) is 32.7. The van der Waals surface area contributed by atoms with E-state index in [1.165, 1.54) is 16.7 Å². The number of ketones is 1. The average Bonchev–Trinajstić information content (AvgIpc) is 1.21. The Bertz CT molecular complexity index is 3170. The van der Waals surface area contributed by atoms with Gasteiger partial charge in [-0.3, -0.25) is 4.79 Å². The average molecular weight is 1240 g/mol. The number of rotatable bonds is 11. The van der Waals surface area contributed by atoms with Gasteiger partial charge in [-0.1, -0.05) is 74.3 Å². The summed E-state index contributed by atoms with van der Waals surface area (Å²) in [5.41, 5.74) is 0.625. The molecule has 16 heteroatoms. The molecule has 14 N–H and O–H groups in total. The SMILES string of the molecule is CCCC1CCC2OC3C(C(O)CCCC3(O)C(C)(O)C3CCC4(O)C5=C(NCC(C)O)C(=O)C67C=CC8C9=C%10C(=CC9)C9C(CC%11NC=CC%119)OC%10CC9CCC(CC98)C34CC3(O)C=CC(C4=C(CCCO)NC(N)C=C4)CC6(CC(O)C(O)C7)C53)C2CC1. The van der Waals surface area contributed by atoms with Gasteiger partial charge in [0.25, 0.3) is 0 Å². The van der Waals surface area contributed by atoms with E-state index in [1.807, 2.05) is 18.2 Å². The molecule has 90 heavy (non-hydrogen) atoms. The smallest absolute Gasteiger partial charge is 0.189 e. The summed E-state index contributed by atoms with van der Waals surface area (Å²) in [4.78, 5) is 17.5. The number of allylic oxidation sites excluding steroid dienone is 9. The summed E-state index contributed by atoms with van der Waals surface area (Å²) in [6.45, 7) is 5.57. The van der Waals surface area contributed by atoms with Gasteiger partial charge >= 0.3 is 0 Å². The van der Waals surface area contributed by atoms with Crippen molar-refractivity contribution in [2.24, 2.45) is 93.0 Å². The van der Waals surface area contributed by atoms with Crippen LogP contribution in [-0.2, 0) is 14.3 Å². The number of dihydropyridines is 1. The maximum atomic E-state index is 17.5. The Kier molecular flexibility index (Phi) is 14.8. The summed E-state index contributed by atoms with van der Waals surface area (Å²) < 4.78 is 14.8. The van der Waals surface area contributed by atoms with Crippen molar-refractivity contribution in [1.29, 1.82) is 0 Å². The predicted octanol–water partition coefficient (Wildman–Crippen LogP) is 6.36. The summed E-state index contributed by atoms with van der Waals surface area (Å²) in [7, 11) is 0. The molecule has 0 radical (unpaired) electrons. The first kappa shape index (κ1) is 61.4. The van der Waals surface area contributed by atoms with Crippen LogP contribution >= 0.6 is 0 Å². The molecule has 16 nitrogen and oxygen atoms in total. The highest BCUT2D eigenvalue weighted by Crippen LogP contribution is 2.80. The molecule has 0 aromatic heterocycles. The first-order valence-corrected chi connectivity index (χ1v) is 35.9. The summed E-state index contributed by atoms with van der Waals surface area (Å²) in [6, 6.07) is 0.312. The number of carbonyl (C=O) groups excluding carboxylic acids is 1. The van der Waals surface area contributed by atoms with Gasteiger partial charge in [0.1, 0.15) is 5.60 Å². The zero-order valence-electron chi connectivity index (χ0n) is 53.4. The number of aliphatic hydroxyl groups is 9. The summed E-state index contributed by atoms with van der Waals surface area (Å²) >= 11 is 0. The molecule has 492 valence electrons. The molecule has 13 aliphatic carbocycles. The van der Waals surface area contributed by atoms with Crippen LogP contribution in [0, 0.1) is 87.3 Å². The lowest BCUT2D eigenvalue weighted by molar-refractivity contribution is -0.279. The zero-order chi connectivity index (χ0) is 62.4. The summed E-state index contributed by atoms with van der Waals surface area (Å²) in [5, 5.41) is 130. The van der Waals surface area contributed by atoms with E-state index >= 15 is 15.0 Å². The van der Waals surface area contributed by atoms with Crippen molar-refractivity contribution in [2.45, 2.75) is 252 Å². The van der Waals surface area contributed by atoms with Crippen LogP contribution in [0.5, 0.6) is 0 Å². The van der Waals surface area contributed by atoms with Crippen molar-refractivity contribution in [1.82, 2.24) is 16.0 Å². The molecule has 4 aliphatic heterocycles. The van der Waals surface area contributed by atoms with Gasteiger partial charge < -0.3 is 77.1 Å². The normalized spacial score (nSPS) is 51.8. The van der Waals surface area contributed by atoms with Crippen molar-refractivity contribution in [3.63, 3.8) is 0 Å². The van der Waals surface area contributed by atoms with E-state index in [1.54, 1.807) is 13.8 Å². The lowest BCUT2D eigenvalue weighted by Crippen LogP contribution is -2.76. The number of carbonyl (C=O) groups is 1. The van der Waals surface area contributed by atoms with E-state index < -0.39 is 99.0 Å². The number of fused-ring (bicyclic) bond motifs is 8. The minimum Gasteiger partial charge on any atom is -0.396 e. The number of Topliss-reactive ketones (excluding diaryl/α,β-unsaturated/α-hetero) is 1. The molecule has 8 bridgehead atoms. The van der Waals surface area contributed by atoms with E-state index in [0.717, 1.165) is 75.5 Å². The van der Waals surface area contributed by atoms with Crippen LogP contribution in [0.25, 0.3) is 0 Å². The number of hydrogen-bond donors (Lipinski definition) is 13. The number of aliphatic hydroxyl groups excluding tert-OH is 5. The Morgan fingerprint density at radius 1 is 0.889 bits per heavy atom. The van der Waals surface area contributed by atoms with Crippen molar-refractivity contribution in [3.8, 4) is 0 Å². The highest BCUT2D eigenvalue weighted by Gasteiger charge is 2.83. The molecule has 4 heterocycles. The van der Waals surface area contributed by atoms with Crippen LogP contribution in [0.4, 0.5) is 0 Å². The third-order valence-electron chi connectivity index (χ3n) is 28.8. The Hall–Kier alpha value is -3.49. The van der Waals surface area contributed by atoms with Gasteiger partial charge in [-0.15, -0.1) is 0 Å². The molecule has 7 saturated carbocycles. The fraction of sp³-hybridized carbons (Fsp3) is 0.770. The molecule has 2 saturated heterocycles. The molecule has 29 unspecified atom stereocenters. The van der Waals surface area contributed by atoms with Crippen LogP contribution < -0.4 is 21.7 Å². The monoisotopic (exact) mass is 1240 g/mol. The molecule has 17 aliphatic rings. The van der Waals surface area contributed by atoms with Crippen LogP contribution in [-0.4, -0.2) is 148 Å². The van der Waals surface area contributed by atoms with Gasteiger partial charge in [0, 0.05) is 71.2 Å². The fourth-order valence-electron chi connectivity index (χ4n) is 25.4. The third kappa shape index (κ3) is 8.42. The highest BCUT2D eigenvalue weighted by molar-refractivity contribution is 6.04. The zero-order valence-corrected chi connectivity index (χ0v) is 53.4. The predicted molar refractivity (Wildman–Crippen MR) is 337 cm³/mol. The number of nitrogens with two attached hydrogens (primary N) is 1. The second-order valence-corrected chi connectivity index (χ2v) is 32.7. The number of hydrogen-bond acceptors (Lipinski definition) is 16. The van der Waals surface area contributed by atoms with E-state index in [4.69, 9.17) is 15.2 Å². The van der Waals surface area contributed by atoms with Crippen molar-refractivity contribution in [2.75, 3.05) is 13.2 Å². The molecule has 0 aromatic carbocycles. The van der Waals surface area contributed by atoms with Crippen molar-refractivity contribution in [3.05, 3.63) is 94.1 Å². The Morgan fingerprint density at radius 2 is 1.71 bits per heavy atom. The molecule has 9 fully saturated rings. The maximum absolute atomic E-state index is 17.5. The van der Waals surface area contributed by atoms with Crippen LogP contribution in [0.1, 0.15) is 168 Å². The second kappa shape index (κ2) is 21.8. The van der Waals surface area contributed by atoms with Crippen molar-refractivity contribution >= 4 is 5.78 Å². The largest absolute Gasteiger partial charge is 0.396 e. The van der Waals surface area contributed by atoms with Gasteiger partial charge in [0.2, 0.25) is 0 Å². The molecular weight excluding hydrogens is 1140 g/mol. The molecule has 3 spiro atoms. The third-order valence-corrected chi connectivity index (χ3v) is 28.8. The van der Waals surface area contributed by atoms with Gasteiger partial charge in [0.15, 0.2) is 5.78 Å². The minimum atomic E-state index is -2.00. The summed E-state index contributed by atoms with van der Waals surface area (Å²) in [5.74, 6) is -2.63. The molecule has 29 atom stereocenters. The lowest BCUT2D eigenvalue weighted by Gasteiger charge is -2.71. The maximum Gasteiger partial charge on any atom is 0.189 e.